The Hall–Kier alpha value is -0.750. The fraction of sp³-hybridized carbons (Fsp3) is 0.846. The summed E-state index contributed by atoms with van der Waals surface area (Å²) in [7, 11) is 0. The molecule has 5 nitrogen and oxygen atoms in total. The molecule has 0 aromatic carbocycles. The third kappa shape index (κ3) is 5.40. The number of hydrogen-bond acceptors (Lipinski definition) is 4. The van der Waals surface area contributed by atoms with Crippen LogP contribution < -0.4 is 11.1 Å². The Labute approximate surface area is 118 Å². The summed E-state index contributed by atoms with van der Waals surface area (Å²) in [6.45, 7) is 0. The van der Waals surface area contributed by atoms with Gasteiger partial charge in [0.25, 0.3) is 0 Å². The van der Waals surface area contributed by atoms with Gasteiger partial charge in [0.2, 0.25) is 5.91 Å². The maximum absolute atomic E-state index is 12.0. The smallest absolute Gasteiger partial charge is 0.308 e. The summed E-state index contributed by atoms with van der Waals surface area (Å²) in [5.74, 6) is -0.669. The predicted molar refractivity (Wildman–Crippen MR) is 77.1 cm³/mol. The van der Waals surface area contributed by atoms with E-state index in [4.69, 9.17) is 5.73 Å². The highest BCUT2D eigenvalue weighted by Crippen LogP contribution is 2.24. The molecular formula is C13H24N2O3S. The molecule has 3 atom stereocenters. The quantitative estimate of drug-likeness (QED) is 0.639. The summed E-state index contributed by atoms with van der Waals surface area (Å²) in [6, 6.07) is -0.807. The first-order chi connectivity index (χ1) is 9.06. The predicted octanol–water partition coefficient (Wildman–Crippen LogP) is 1.22. The minimum Gasteiger partial charge on any atom is -0.481 e. The lowest BCUT2D eigenvalue weighted by Crippen LogP contribution is -2.49. The first kappa shape index (κ1) is 16.3. The van der Waals surface area contributed by atoms with Crippen LogP contribution in [0.1, 0.15) is 38.5 Å². The van der Waals surface area contributed by atoms with Crippen molar-refractivity contribution in [1.82, 2.24) is 5.32 Å². The first-order valence-corrected chi connectivity index (χ1v) is 8.23. The van der Waals surface area contributed by atoms with Crippen LogP contribution >= 0.6 is 11.8 Å². The molecule has 0 aromatic heterocycles. The van der Waals surface area contributed by atoms with E-state index in [0.717, 1.165) is 31.4 Å². The van der Waals surface area contributed by atoms with E-state index < -0.39 is 17.9 Å². The second-order valence-electron chi connectivity index (χ2n) is 5.09. The average molecular weight is 288 g/mol. The molecule has 0 bridgehead atoms. The maximum atomic E-state index is 12.0. The number of carboxylic acid groups (broad SMARTS) is 1. The van der Waals surface area contributed by atoms with E-state index in [1.165, 1.54) is 0 Å². The number of carbonyl (C=O) groups excluding carboxylic acids is 1. The Morgan fingerprint density at radius 3 is 2.68 bits per heavy atom. The van der Waals surface area contributed by atoms with E-state index in [1.54, 1.807) is 11.8 Å². The summed E-state index contributed by atoms with van der Waals surface area (Å²) < 4.78 is 0. The van der Waals surface area contributed by atoms with Crippen LogP contribution in [0.5, 0.6) is 0 Å². The van der Waals surface area contributed by atoms with E-state index in [1.807, 2.05) is 6.26 Å². The van der Waals surface area contributed by atoms with E-state index >= 15 is 0 Å². The van der Waals surface area contributed by atoms with Crippen molar-refractivity contribution in [3.8, 4) is 0 Å². The molecule has 19 heavy (non-hydrogen) atoms. The number of aliphatic carboxylic acids is 1. The number of nitrogens with one attached hydrogen (secondary N) is 1. The molecule has 4 N–H and O–H groups in total. The van der Waals surface area contributed by atoms with Crippen molar-refractivity contribution in [2.45, 2.75) is 50.6 Å². The highest BCUT2D eigenvalue weighted by molar-refractivity contribution is 7.98. The van der Waals surface area contributed by atoms with Gasteiger partial charge in [-0.05, 0) is 31.3 Å². The van der Waals surface area contributed by atoms with Crippen molar-refractivity contribution < 1.29 is 14.7 Å². The van der Waals surface area contributed by atoms with Gasteiger partial charge in [-0.3, -0.25) is 9.59 Å². The van der Waals surface area contributed by atoms with E-state index in [9.17, 15) is 14.7 Å². The van der Waals surface area contributed by atoms with Crippen LogP contribution in [0, 0.1) is 5.92 Å². The van der Waals surface area contributed by atoms with Crippen LogP contribution in [0.3, 0.4) is 0 Å². The summed E-state index contributed by atoms with van der Waals surface area (Å²) in [5, 5.41) is 12.1. The molecular weight excluding hydrogens is 264 g/mol. The Morgan fingerprint density at radius 1 is 1.37 bits per heavy atom. The fourth-order valence-corrected chi connectivity index (χ4v) is 2.93. The molecule has 0 heterocycles. The van der Waals surface area contributed by atoms with Gasteiger partial charge in [0.05, 0.1) is 12.0 Å². The molecule has 1 fully saturated rings. The fourth-order valence-electron chi connectivity index (χ4n) is 2.44. The van der Waals surface area contributed by atoms with Gasteiger partial charge < -0.3 is 16.2 Å². The number of rotatable bonds is 6. The zero-order chi connectivity index (χ0) is 14.3. The van der Waals surface area contributed by atoms with Crippen molar-refractivity contribution >= 4 is 23.6 Å². The van der Waals surface area contributed by atoms with Gasteiger partial charge in [0, 0.05) is 6.04 Å². The second-order valence-corrected chi connectivity index (χ2v) is 6.07. The molecule has 0 spiro atoms. The van der Waals surface area contributed by atoms with Crippen molar-refractivity contribution in [2.24, 2.45) is 11.7 Å². The lowest BCUT2D eigenvalue weighted by Gasteiger charge is -2.24. The van der Waals surface area contributed by atoms with Crippen LogP contribution in [0.2, 0.25) is 0 Å². The highest BCUT2D eigenvalue weighted by Gasteiger charge is 2.31. The van der Waals surface area contributed by atoms with Crippen molar-refractivity contribution in [1.29, 1.82) is 0 Å². The SMILES string of the molecule is CSCC[C@@H](N)C(=O)NC1CCCCCC1C(=O)O. The zero-order valence-electron chi connectivity index (χ0n) is 11.4. The lowest BCUT2D eigenvalue weighted by atomic mass is 9.94. The van der Waals surface area contributed by atoms with Crippen LogP contribution in [0.15, 0.2) is 0 Å². The Balaban J connectivity index is 2.55. The number of hydrogen-bond donors (Lipinski definition) is 3. The van der Waals surface area contributed by atoms with Crippen LogP contribution in [-0.2, 0) is 9.59 Å². The zero-order valence-corrected chi connectivity index (χ0v) is 12.2. The summed E-state index contributed by atoms with van der Waals surface area (Å²) in [4.78, 5) is 23.2. The van der Waals surface area contributed by atoms with Gasteiger partial charge in [-0.25, -0.2) is 0 Å². The van der Waals surface area contributed by atoms with Gasteiger partial charge >= 0.3 is 5.97 Å². The number of thioether (sulfide) groups is 1. The molecule has 0 radical (unpaired) electrons. The highest BCUT2D eigenvalue weighted by atomic mass is 32.2. The number of carbonyl (C=O) groups is 2. The van der Waals surface area contributed by atoms with Crippen molar-refractivity contribution in [2.75, 3.05) is 12.0 Å². The molecule has 1 aliphatic rings. The van der Waals surface area contributed by atoms with Gasteiger partial charge in [-0.15, -0.1) is 0 Å². The molecule has 0 aromatic rings. The van der Waals surface area contributed by atoms with Gasteiger partial charge in [0.15, 0.2) is 0 Å². The van der Waals surface area contributed by atoms with Crippen LogP contribution in [-0.4, -0.2) is 41.1 Å². The molecule has 1 rings (SSSR count). The Bertz CT molecular complexity index is 312. The molecule has 2 unspecified atom stereocenters. The van der Waals surface area contributed by atoms with Crippen LogP contribution in [0.25, 0.3) is 0 Å². The summed E-state index contributed by atoms with van der Waals surface area (Å²) >= 11 is 1.65. The lowest BCUT2D eigenvalue weighted by molar-refractivity contribution is -0.143. The molecule has 0 aliphatic heterocycles. The molecule has 1 saturated carbocycles. The maximum Gasteiger partial charge on any atom is 0.308 e. The monoisotopic (exact) mass is 288 g/mol. The van der Waals surface area contributed by atoms with Crippen molar-refractivity contribution in [3.05, 3.63) is 0 Å². The first-order valence-electron chi connectivity index (χ1n) is 6.84. The van der Waals surface area contributed by atoms with Gasteiger partial charge in [-0.1, -0.05) is 19.3 Å². The Kier molecular flexibility index (Phi) is 7.23. The molecule has 0 saturated heterocycles. The number of carboxylic acids is 1. The molecule has 1 aliphatic carbocycles. The normalized spacial score (nSPS) is 25.4. The topological polar surface area (TPSA) is 92.4 Å². The summed E-state index contributed by atoms with van der Waals surface area (Å²) in [5.41, 5.74) is 5.81. The van der Waals surface area contributed by atoms with Gasteiger partial charge in [-0.2, -0.15) is 11.8 Å². The number of amides is 1. The average Bonchev–Trinajstić information content (AvgIpc) is 2.61. The third-order valence-electron chi connectivity index (χ3n) is 3.63. The number of nitrogens with two attached hydrogens (primary N) is 1. The molecule has 1 amide bonds. The second kappa shape index (κ2) is 8.43. The minimum absolute atomic E-state index is 0.216. The third-order valence-corrected chi connectivity index (χ3v) is 4.27. The van der Waals surface area contributed by atoms with Gasteiger partial charge in [0.1, 0.15) is 0 Å². The van der Waals surface area contributed by atoms with E-state index in [2.05, 4.69) is 5.32 Å². The molecule has 6 heteroatoms. The standard InChI is InChI=1S/C13H24N2O3S/c1-19-8-7-10(14)12(16)15-11-6-4-2-3-5-9(11)13(17)18/h9-11H,2-8,14H2,1H3,(H,15,16)(H,17,18)/t9?,10-,11?/m1/s1. The van der Waals surface area contributed by atoms with E-state index in [-0.39, 0.29) is 11.9 Å². The summed E-state index contributed by atoms with van der Waals surface area (Å²) in [6.07, 6.45) is 6.89. The van der Waals surface area contributed by atoms with E-state index in [0.29, 0.717) is 12.8 Å². The Morgan fingerprint density at radius 2 is 2.05 bits per heavy atom. The van der Waals surface area contributed by atoms with Crippen molar-refractivity contribution in [3.63, 3.8) is 0 Å². The molecule has 110 valence electrons. The van der Waals surface area contributed by atoms with Crippen LogP contribution in [0.4, 0.5) is 0 Å². The largest absolute Gasteiger partial charge is 0.481 e. The minimum atomic E-state index is -0.815.